The van der Waals surface area contributed by atoms with Crippen LogP contribution < -0.4 is 15.0 Å². The van der Waals surface area contributed by atoms with Gasteiger partial charge in [-0.1, -0.05) is 60.7 Å². The van der Waals surface area contributed by atoms with E-state index in [-0.39, 0.29) is 18.9 Å². The maximum absolute atomic E-state index is 12.5. The van der Waals surface area contributed by atoms with Gasteiger partial charge in [-0.2, -0.15) is 0 Å². The Morgan fingerprint density at radius 3 is 2.29 bits per heavy atom. The number of anilines is 1. The minimum Gasteiger partial charge on any atom is -0.488 e. The summed E-state index contributed by atoms with van der Waals surface area (Å²) in [5.41, 5.74) is 2.77. The highest BCUT2D eigenvalue weighted by atomic mass is 16.5. The van der Waals surface area contributed by atoms with Crippen LogP contribution in [0.3, 0.4) is 0 Å². The standard InChI is InChI=1S/C27H29N3O4/c1-20(31)27(28-2)19-29(16-17-30(27)26(32)33)23-14-12-22(13-15-23)24-10-6-7-11-25(24)34-18-21-8-4-3-5-9-21/h3-15,28H,16-19H2,1-2H3,(H,32,33). The zero-order valence-corrected chi connectivity index (χ0v) is 19.4. The molecular weight excluding hydrogens is 430 g/mol. The van der Waals surface area contributed by atoms with Crippen LogP contribution in [-0.4, -0.2) is 54.2 Å². The average Bonchev–Trinajstić information content (AvgIpc) is 2.87. The Kier molecular flexibility index (Phi) is 6.84. The number of benzene rings is 3. The van der Waals surface area contributed by atoms with Crippen LogP contribution in [0.1, 0.15) is 12.5 Å². The third-order valence-electron chi connectivity index (χ3n) is 6.37. The molecule has 1 saturated heterocycles. The van der Waals surface area contributed by atoms with Crippen LogP contribution >= 0.6 is 0 Å². The lowest BCUT2D eigenvalue weighted by atomic mass is 9.98. The fraction of sp³-hybridized carbons (Fsp3) is 0.259. The van der Waals surface area contributed by atoms with E-state index in [1.54, 1.807) is 7.05 Å². The number of nitrogens with one attached hydrogen (secondary N) is 1. The molecule has 0 aromatic heterocycles. The molecule has 0 bridgehead atoms. The Labute approximate surface area is 199 Å². The lowest BCUT2D eigenvalue weighted by molar-refractivity contribution is -0.130. The van der Waals surface area contributed by atoms with Crippen LogP contribution in [-0.2, 0) is 11.4 Å². The minimum absolute atomic E-state index is 0.230. The molecule has 3 aromatic rings. The maximum atomic E-state index is 12.5. The van der Waals surface area contributed by atoms with Gasteiger partial charge in [0.15, 0.2) is 11.4 Å². The molecule has 0 aliphatic carbocycles. The summed E-state index contributed by atoms with van der Waals surface area (Å²) in [7, 11) is 1.62. The minimum atomic E-state index is -1.28. The van der Waals surface area contributed by atoms with Crippen LogP contribution in [0.5, 0.6) is 5.75 Å². The number of ether oxygens (including phenoxy) is 1. The van der Waals surface area contributed by atoms with E-state index in [9.17, 15) is 14.7 Å². The second-order valence-corrected chi connectivity index (χ2v) is 8.34. The van der Waals surface area contributed by atoms with Crippen LogP contribution in [0.2, 0.25) is 0 Å². The van der Waals surface area contributed by atoms with Gasteiger partial charge in [-0.25, -0.2) is 4.79 Å². The van der Waals surface area contributed by atoms with Crippen molar-refractivity contribution >= 4 is 17.6 Å². The summed E-state index contributed by atoms with van der Waals surface area (Å²) in [4.78, 5) is 27.5. The van der Waals surface area contributed by atoms with Gasteiger partial charge >= 0.3 is 6.09 Å². The monoisotopic (exact) mass is 459 g/mol. The van der Waals surface area contributed by atoms with Gasteiger partial charge in [-0.15, -0.1) is 0 Å². The molecule has 7 nitrogen and oxygen atoms in total. The normalized spacial score (nSPS) is 17.9. The van der Waals surface area contributed by atoms with E-state index in [0.717, 1.165) is 28.1 Å². The largest absolute Gasteiger partial charge is 0.488 e. The summed E-state index contributed by atoms with van der Waals surface area (Å²) >= 11 is 0. The third-order valence-corrected chi connectivity index (χ3v) is 6.37. The fourth-order valence-electron chi connectivity index (χ4n) is 4.44. The van der Waals surface area contributed by atoms with Crippen LogP contribution in [0.15, 0.2) is 78.9 Å². The van der Waals surface area contributed by atoms with Gasteiger partial charge in [0.1, 0.15) is 12.4 Å². The lowest BCUT2D eigenvalue weighted by Crippen LogP contribution is -2.73. The number of carbonyl (C=O) groups excluding carboxylic acids is 1. The molecule has 1 amide bonds. The van der Waals surface area contributed by atoms with Crippen molar-refractivity contribution in [3.05, 3.63) is 84.4 Å². The summed E-state index contributed by atoms with van der Waals surface area (Å²) in [5, 5.41) is 12.6. The highest BCUT2D eigenvalue weighted by molar-refractivity contribution is 5.90. The van der Waals surface area contributed by atoms with E-state index >= 15 is 0 Å². The van der Waals surface area contributed by atoms with Crippen molar-refractivity contribution in [2.75, 3.05) is 31.6 Å². The Balaban J connectivity index is 1.54. The van der Waals surface area contributed by atoms with E-state index in [0.29, 0.717) is 13.2 Å². The molecule has 176 valence electrons. The Morgan fingerprint density at radius 2 is 1.65 bits per heavy atom. The van der Waals surface area contributed by atoms with E-state index in [1.807, 2.05) is 83.8 Å². The van der Waals surface area contributed by atoms with Crippen LogP contribution in [0.25, 0.3) is 11.1 Å². The Hall–Kier alpha value is -3.84. The number of hydrogen-bond donors (Lipinski definition) is 2. The van der Waals surface area contributed by atoms with E-state index in [1.165, 1.54) is 11.8 Å². The highest BCUT2D eigenvalue weighted by Crippen LogP contribution is 2.33. The lowest BCUT2D eigenvalue weighted by Gasteiger charge is -2.48. The number of para-hydroxylation sites is 1. The number of piperazine rings is 1. The zero-order chi connectivity index (χ0) is 24.1. The van der Waals surface area contributed by atoms with Gasteiger partial charge in [-0.3, -0.25) is 15.0 Å². The SMILES string of the molecule is CNC1(C(C)=O)CN(c2ccc(-c3ccccc3OCc3ccccc3)cc2)CCN1C(=O)O. The summed E-state index contributed by atoms with van der Waals surface area (Å²) in [6.45, 7) is 2.88. The molecule has 0 radical (unpaired) electrons. The first-order valence-electron chi connectivity index (χ1n) is 11.3. The van der Waals surface area contributed by atoms with Crippen molar-refractivity contribution < 1.29 is 19.4 Å². The summed E-state index contributed by atoms with van der Waals surface area (Å²) < 4.78 is 6.11. The maximum Gasteiger partial charge on any atom is 0.409 e. The molecule has 7 heteroatoms. The van der Waals surface area contributed by atoms with Gasteiger partial charge in [0.05, 0.1) is 6.54 Å². The third kappa shape index (κ3) is 4.61. The Morgan fingerprint density at radius 1 is 0.971 bits per heavy atom. The molecule has 3 aromatic carbocycles. The molecule has 1 unspecified atom stereocenters. The average molecular weight is 460 g/mol. The van der Waals surface area contributed by atoms with Gasteiger partial charge in [0, 0.05) is 24.3 Å². The van der Waals surface area contributed by atoms with Crippen molar-refractivity contribution in [3.8, 4) is 16.9 Å². The van der Waals surface area contributed by atoms with Crippen LogP contribution in [0, 0.1) is 0 Å². The van der Waals surface area contributed by atoms with Crippen molar-refractivity contribution in [3.63, 3.8) is 0 Å². The molecule has 34 heavy (non-hydrogen) atoms. The predicted molar refractivity (Wildman–Crippen MR) is 132 cm³/mol. The number of carbonyl (C=O) groups is 2. The number of rotatable bonds is 7. The zero-order valence-electron chi connectivity index (χ0n) is 19.4. The molecule has 1 atom stereocenters. The van der Waals surface area contributed by atoms with E-state index in [4.69, 9.17) is 4.74 Å². The number of nitrogens with zero attached hydrogens (tertiary/aromatic N) is 2. The smallest absolute Gasteiger partial charge is 0.409 e. The fourth-order valence-corrected chi connectivity index (χ4v) is 4.44. The number of hydrogen-bond acceptors (Lipinski definition) is 5. The van der Waals surface area contributed by atoms with Crippen molar-refractivity contribution in [2.24, 2.45) is 0 Å². The molecular formula is C27H29N3O4. The van der Waals surface area contributed by atoms with Gasteiger partial charge in [0.25, 0.3) is 0 Å². The number of Topliss-reactive ketones (excluding diaryl/α,β-unsaturated/α-hetero) is 1. The Bertz CT molecular complexity index is 1150. The first kappa shape index (κ1) is 23.3. The van der Waals surface area contributed by atoms with Gasteiger partial charge < -0.3 is 14.7 Å². The van der Waals surface area contributed by atoms with E-state index < -0.39 is 11.8 Å². The quantitative estimate of drug-likeness (QED) is 0.550. The number of carboxylic acid groups (broad SMARTS) is 1. The first-order valence-corrected chi connectivity index (χ1v) is 11.3. The first-order chi connectivity index (χ1) is 16.4. The van der Waals surface area contributed by atoms with Gasteiger partial charge in [-0.05, 0) is 43.3 Å². The molecule has 1 aliphatic rings. The number of ketones is 1. The van der Waals surface area contributed by atoms with Crippen molar-refractivity contribution in [1.82, 2.24) is 10.2 Å². The number of amides is 1. The van der Waals surface area contributed by atoms with Gasteiger partial charge in [0.2, 0.25) is 0 Å². The topological polar surface area (TPSA) is 82.1 Å². The highest BCUT2D eigenvalue weighted by Gasteiger charge is 2.47. The summed E-state index contributed by atoms with van der Waals surface area (Å²) in [6.07, 6.45) is -1.10. The molecule has 2 N–H and O–H groups in total. The summed E-state index contributed by atoms with van der Waals surface area (Å²) in [6, 6.07) is 26.0. The number of likely N-dealkylation sites (N-methyl/N-ethyl adjacent to an activating group) is 1. The molecule has 1 aliphatic heterocycles. The molecule has 1 heterocycles. The van der Waals surface area contributed by atoms with Crippen molar-refractivity contribution in [1.29, 1.82) is 0 Å². The molecule has 4 rings (SSSR count). The molecule has 0 spiro atoms. The van der Waals surface area contributed by atoms with Crippen molar-refractivity contribution in [2.45, 2.75) is 19.2 Å². The second-order valence-electron chi connectivity index (χ2n) is 8.34. The van der Waals surface area contributed by atoms with Crippen LogP contribution in [0.4, 0.5) is 10.5 Å². The van der Waals surface area contributed by atoms with E-state index in [2.05, 4.69) is 5.32 Å². The predicted octanol–water partition coefficient (Wildman–Crippen LogP) is 4.24. The molecule has 0 saturated carbocycles. The summed E-state index contributed by atoms with van der Waals surface area (Å²) in [5.74, 6) is 0.572. The molecule has 1 fully saturated rings. The second kappa shape index (κ2) is 9.97.